The fourth-order valence-electron chi connectivity index (χ4n) is 1.84. The maximum absolute atomic E-state index is 11.9. The van der Waals surface area contributed by atoms with E-state index in [1.165, 1.54) is 0 Å². The topological polar surface area (TPSA) is 52.9 Å². The number of hydrogen-bond donors (Lipinski definition) is 1. The maximum atomic E-state index is 11.9. The number of nitrogens with zero attached hydrogens (tertiary/aromatic N) is 1. The van der Waals surface area contributed by atoms with Gasteiger partial charge in [0.15, 0.2) is 0 Å². The molecule has 2 rings (SSSR count). The van der Waals surface area contributed by atoms with Gasteiger partial charge in [0, 0.05) is 12.1 Å². The van der Waals surface area contributed by atoms with Crippen LogP contribution in [0.15, 0.2) is 60.7 Å². The smallest absolute Gasteiger partial charge is 0.226 e. The van der Waals surface area contributed by atoms with Crippen LogP contribution >= 0.6 is 0 Å². The summed E-state index contributed by atoms with van der Waals surface area (Å²) < 4.78 is 0. The molecular formula is C16H14N2O. The summed E-state index contributed by atoms with van der Waals surface area (Å²) in [5.41, 5.74) is 1.62. The largest absolute Gasteiger partial charge is 0.326 e. The molecule has 0 aromatic heterocycles. The molecule has 0 aliphatic heterocycles. The van der Waals surface area contributed by atoms with Crippen molar-refractivity contribution in [3.05, 3.63) is 66.2 Å². The molecule has 1 unspecified atom stereocenters. The maximum Gasteiger partial charge on any atom is 0.226 e. The lowest BCUT2D eigenvalue weighted by Crippen LogP contribution is -2.14. The first-order valence-corrected chi connectivity index (χ1v) is 6.09. The number of anilines is 1. The summed E-state index contributed by atoms with van der Waals surface area (Å²) in [6.45, 7) is 0. The van der Waals surface area contributed by atoms with E-state index in [-0.39, 0.29) is 12.3 Å². The molecule has 0 heterocycles. The molecule has 0 saturated heterocycles. The molecule has 1 N–H and O–H groups in total. The number of benzene rings is 2. The van der Waals surface area contributed by atoms with Crippen molar-refractivity contribution >= 4 is 11.6 Å². The minimum absolute atomic E-state index is 0.151. The molecule has 0 aliphatic carbocycles. The number of rotatable bonds is 4. The van der Waals surface area contributed by atoms with Gasteiger partial charge >= 0.3 is 0 Å². The van der Waals surface area contributed by atoms with Gasteiger partial charge in [-0.3, -0.25) is 4.79 Å². The molecule has 2 aromatic rings. The average molecular weight is 250 g/mol. The third-order valence-corrected chi connectivity index (χ3v) is 2.80. The summed E-state index contributed by atoms with van der Waals surface area (Å²) in [4.78, 5) is 11.9. The lowest BCUT2D eigenvalue weighted by atomic mass is 9.97. The third-order valence-electron chi connectivity index (χ3n) is 2.80. The van der Waals surface area contributed by atoms with Crippen LogP contribution in [0.2, 0.25) is 0 Å². The van der Waals surface area contributed by atoms with Crippen LogP contribution in [-0.2, 0) is 4.79 Å². The molecule has 3 nitrogen and oxygen atoms in total. The van der Waals surface area contributed by atoms with Crippen molar-refractivity contribution in [2.75, 3.05) is 5.32 Å². The molecule has 0 spiro atoms. The van der Waals surface area contributed by atoms with E-state index in [1.54, 1.807) is 0 Å². The van der Waals surface area contributed by atoms with Crippen molar-refractivity contribution in [1.82, 2.24) is 0 Å². The Hall–Kier alpha value is -2.60. The van der Waals surface area contributed by atoms with Gasteiger partial charge in [-0.2, -0.15) is 5.26 Å². The number of carbonyl (C=O) groups excluding carboxylic acids is 1. The first-order valence-electron chi connectivity index (χ1n) is 6.09. The SMILES string of the molecule is N#CC(CC(=O)Nc1ccccc1)c1ccccc1. The Morgan fingerprint density at radius 1 is 1.05 bits per heavy atom. The van der Waals surface area contributed by atoms with E-state index in [1.807, 2.05) is 60.7 Å². The van der Waals surface area contributed by atoms with Gasteiger partial charge in [0.05, 0.1) is 12.0 Å². The van der Waals surface area contributed by atoms with E-state index in [2.05, 4.69) is 11.4 Å². The monoisotopic (exact) mass is 250 g/mol. The second-order valence-electron chi connectivity index (χ2n) is 4.21. The Bertz CT molecular complexity index is 573. The normalized spacial score (nSPS) is 11.3. The number of nitriles is 1. The van der Waals surface area contributed by atoms with E-state index < -0.39 is 5.92 Å². The quantitative estimate of drug-likeness (QED) is 0.904. The summed E-state index contributed by atoms with van der Waals surface area (Å²) in [5, 5.41) is 12.0. The predicted molar refractivity (Wildman–Crippen MR) is 74.5 cm³/mol. The van der Waals surface area contributed by atoms with Crippen LogP contribution in [-0.4, -0.2) is 5.91 Å². The Morgan fingerprint density at radius 2 is 1.63 bits per heavy atom. The molecule has 3 heteroatoms. The highest BCUT2D eigenvalue weighted by Gasteiger charge is 2.15. The molecule has 19 heavy (non-hydrogen) atoms. The minimum atomic E-state index is -0.412. The van der Waals surface area contributed by atoms with E-state index in [0.717, 1.165) is 11.3 Å². The number of carbonyl (C=O) groups is 1. The van der Waals surface area contributed by atoms with E-state index in [0.29, 0.717) is 0 Å². The average Bonchev–Trinajstić information content (AvgIpc) is 2.47. The van der Waals surface area contributed by atoms with Crippen molar-refractivity contribution < 1.29 is 4.79 Å². The van der Waals surface area contributed by atoms with Gasteiger partial charge in [0.1, 0.15) is 0 Å². The van der Waals surface area contributed by atoms with E-state index in [9.17, 15) is 4.79 Å². The molecule has 0 radical (unpaired) electrons. The standard InChI is InChI=1S/C16H14N2O/c17-12-14(13-7-3-1-4-8-13)11-16(19)18-15-9-5-2-6-10-15/h1-10,14H,11H2,(H,18,19). The fraction of sp³-hybridized carbons (Fsp3) is 0.125. The summed E-state index contributed by atoms with van der Waals surface area (Å²) in [6, 6.07) is 20.8. The Morgan fingerprint density at radius 3 is 2.21 bits per heavy atom. The van der Waals surface area contributed by atoms with Crippen LogP contribution in [0.25, 0.3) is 0 Å². The first-order chi connectivity index (χ1) is 9.29. The van der Waals surface area contributed by atoms with Crippen molar-refractivity contribution in [3.8, 4) is 6.07 Å². The highest BCUT2D eigenvalue weighted by Crippen LogP contribution is 2.19. The van der Waals surface area contributed by atoms with Gasteiger partial charge in [0.2, 0.25) is 5.91 Å². The lowest BCUT2D eigenvalue weighted by molar-refractivity contribution is -0.116. The van der Waals surface area contributed by atoms with E-state index in [4.69, 9.17) is 5.26 Å². The van der Waals surface area contributed by atoms with Crippen LogP contribution in [0.4, 0.5) is 5.69 Å². The summed E-state index contributed by atoms with van der Waals surface area (Å²) in [5.74, 6) is -0.563. The second-order valence-corrected chi connectivity index (χ2v) is 4.21. The van der Waals surface area contributed by atoms with Crippen LogP contribution in [0.5, 0.6) is 0 Å². The second kappa shape index (κ2) is 6.36. The Kier molecular flexibility index (Phi) is 4.30. The summed E-state index contributed by atoms with van der Waals surface area (Å²) in [7, 11) is 0. The summed E-state index contributed by atoms with van der Waals surface area (Å²) in [6.07, 6.45) is 0.162. The van der Waals surface area contributed by atoms with Crippen molar-refractivity contribution in [3.63, 3.8) is 0 Å². The lowest BCUT2D eigenvalue weighted by Gasteiger charge is -2.09. The van der Waals surface area contributed by atoms with Crippen LogP contribution in [0, 0.1) is 11.3 Å². The molecule has 0 aliphatic rings. The van der Waals surface area contributed by atoms with E-state index >= 15 is 0 Å². The van der Waals surface area contributed by atoms with Crippen LogP contribution in [0.1, 0.15) is 17.9 Å². The van der Waals surface area contributed by atoms with Gasteiger partial charge in [-0.05, 0) is 17.7 Å². The highest BCUT2D eigenvalue weighted by molar-refractivity contribution is 5.91. The number of nitrogens with one attached hydrogen (secondary N) is 1. The van der Waals surface area contributed by atoms with Crippen molar-refractivity contribution in [2.45, 2.75) is 12.3 Å². The number of amides is 1. The zero-order chi connectivity index (χ0) is 13.5. The molecule has 2 aromatic carbocycles. The van der Waals surface area contributed by atoms with Gasteiger partial charge in [-0.1, -0.05) is 48.5 Å². The van der Waals surface area contributed by atoms with Gasteiger partial charge < -0.3 is 5.32 Å². The highest BCUT2D eigenvalue weighted by atomic mass is 16.1. The Labute approximate surface area is 112 Å². The molecule has 0 bridgehead atoms. The zero-order valence-corrected chi connectivity index (χ0v) is 10.4. The van der Waals surface area contributed by atoms with Crippen LogP contribution < -0.4 is 5.32 Å². The summed E-state index contributed by atoms with van der Waals surface area (Å²) >= 11 is 0. The molecule has 94 valence electrons. The van der Waals surface area contributed by atoms with Gasteiger partial charge in [-0.15, -0.1) is 0 Å². The predicted octanol–water partition coefficient (Wildman–Crippen LogP) is 3.32. The molecule has 0 fully saturated rings. The molecule has 1 atom stereocenters. The third kappa shape index (κ3) is 3.68. The fourth-order valence-corrected chi connectivity index (χ4v) is 1.84. The molecular weight excluding hydrogens is 236 g/mol. The first kappa shape index (κ1) is 12.8. The molecule has 1 amide bonds. The number of para-hydroxylation sites is 1. The van der Waals surface area contributed by atoms with Crippen molar-refractivity contribution in [1.29, 1.82) is 5.26 Å². The van der Waals surface area contributed by atoms with Crippen molar-refractivity contribution in [2.24, 2.45) is 0 Å². The van der Waals surface area contributed by atoms with Gasteiger partial charge in [0.25, 0.3) is 0 Å². The number of hydrogen-bond acceptors (Lipinski definition) is 2. The zero-order valence-electron chi connectivity index (χ0n) is 10.4. The van der Waals surface area contributed by atoms with Crippen LogP contribution in [0.3, 0.4) is 0 Å². The molecule has 0 saturated carbocycles. The Balaban J connectivity index is 2.00. The minimum Gasteiger partial charge on any atom is -0.326 e. The van der Waals surface area contributed by atoms with Gasteiger partial charge in [-0.25, -0.2) is 0 Å².